The highest BCUT2D eigenvalue weighted by Gasteiger charge is 2.15. The highest BCUT2D eigenvalue weighted by Crippen LogP contribution is 2.16. The number of aromatic nitrogens is 2. The maximum absolute atomic E-state index is 12.5. The molecule has 1 heterocycles. The van der Waals surface area contributed by atoms with Crippen LogP contribution >= 0.6 is 11.8 Å². The summed E-state index contributed by atoms with van der Waals surface area (Å²) >= 11 is 1.08. The van der Waals surface area contributed by atoms with Crippen LogP contribution in [0.2, 0.25) is 0 Å². The first-order chi connectivity index (χ1) is 9.99. The molecule has 0 atom stereocenters. The average Bonchev–Trinajstić information content (AvgIpc) is 2.48. The van der Waals surface area contributed by atoms with E-state index in [1.165, 1.54) is 17.7 Å². The number of ketones is 1. The van der Waals surface area contributed by atoms with Crippen molar-refractivity contribution in [2.24, 2.45) is 0 Å². The molecule has 0 bridgehead atoms. The van der Waals surface area contributed by atoms with Crippen molar-refractivity contribution >= 4 is 23.5 Å². The zero-order valence-corrected chi connectivity index (χ0v) is 12.5. The van der Waals surface area contributed by atoms with Gasteiger partial charge in [0, 0.05) is 17.3 Å². The van der Waals surface area contributed by atoms with Crippen molar-refractivity contribution in [2.75, 3.05) is 5.75 Å². The molecule has 0 amide bonds. The zero-order valence-electron chi connectivity index (χ0n) is 11.7. The molecule has 2 rings (SSSR count). The van der Waals surface area contributed by atoms with Crippen LogP contribution in [0.1, 0.15) is 22.8 Å². The molecular formula is C15H14N2O3S. The molecule has 0 unspecified atom stereocenters. The van der Waals surface area contributed by atoms with Crippen LogP contribution in [0.4, 0.5) is 0 Å². The lowest BCUT2D eigenvalue weighted by molar-refractivity contribution is -0.114. The molecule has 1 aromatic heterocycles. The van der Waals surface area contributed by atoms with Crippen molar-refractivity contribution in [1.82, 2.24) is 9.55 Å². The van der Waals surface area contributed by atoms with Crippen molar-refractivity contribution < 1.29 is 9.59 Å². The minimum Gasteiger partial charge on any atom is -0.299 e. The van der Waals surface area contributed by atoms with Crippen LogP contribution in [0.3, 0.4) is 0 Å². The van der Waals surface area contributed by atoms with Crippen molar-refractivity contribution in [3.63, 3.8) is 0 Å². The van der Waals surface area contributed by atoms with Crippen LogP contribution in [0.15, 0.2) is 46.5 Å². The molecular weight excluding hydrogens is 288 g/mol. The van der Waals surface area contributed by atoms with E-state index in [0.29, 0.717) is 11.1 Å². The number of benzene rings is 1. The van der Waals surface area contributed by atoms with E-state index in [-0.39, 0.29) is 22.6 Å². The Morgan fingerprint density at radius 3 is 2.52 bits per heavy atom. The third-order valence-electron chi connectivity index (χ3n) is 2.71. The van der Waals surface area contributed by atoms with Gasteiger partial charge in [0.25, 0.3) is 11.5 Å². The maximum atomic E-state index is 12.5. The minimum atomic E-state index is -0.391. The lowest BCUT2D eigenvalue weighted by Gasteiger charge is -2.11. The number of carbonyl (C=O) groups excluding carboxylic acids is 2. The molecule has 0 N–H and O–H groups in total. The predicted octanol–water partition coefficient (Wildman–Crippen LogP) is 1.92. The van der Waals surface area contributed by atoms with E-state index in [4.69, 9.17) is 0 Å². The molecule has 6 heteroatoms. The number of rotatable bonds is 4. The van der Waals surface area contributed by atoms with Crippen molar-refractivity contribution in [3.8, 4) is 0 Å². The van der Waals surface area contributed by atoms with Gasteiger partial charge in [-0.3, -0.25) is 19.0 Å². The van der Waals surface area contributed by atoms with Crippen LogP contribution in [-0.4, -0.2) is 27.0 Å². The lowest BCUT2D eigenvalue weighted by Crippen LogP contribution is -2.22. The molecule has 0 spiro atoms. The fourth-order valence-corrected chi connectivity index (χ4v) is 2.42. The first-order valence-corrected chi connectivity index (χ1v) is 7.30. The van der Waals surface area contributed by atoms with Crippen molar-refractivity contribution in [2.45, 2.75) is 19.0 Å². The quantitative estimate of drug-likeness (QED) is 0.637. The van der Waals surface area contributed by atoms with Crippen LogP contribution in [0, 0.1) is 6.92 Å². The Morgan fingerprint density at radius 1 is 1.24 bits per heavy atom. The van der Waals surface area contributed by atoms with E-state index in [9.17, 15) is 14.4 Å². The second-order valence-corrected chi connectivity index (χ2v) is 5.49. The summed E-state index contributed by atoms with van der Waals surface area (Å²) in [7, 11) is 0. The van der Waals surface area contributed by atoms with Gasteiger partial charge in [-0.2, -0.15) is 4.98 Å². The number of hydrogen-bond donors (Lipinski definition) is 0. The van der Waals surface area contributed by atoms with E-state index in [1.54, 1.807) is 31.2 Å². The number of nitrogens with zero attached hydrogens (tertiary/aromatic N) is 2. The maximum Gasteiger partial charge on any atom is 0.276 e. The van der Waals surface area contributed by atoms with Crippen LogP contribution in [0.5, 0.6) is 0 Å². The Hall–Kier alpha value is -2.21. The molecule has 0 saturated carbocycles. The summed E-state index contributed by atoms with van der Waals surface area (Å²) < 4.78 is 1.32. The summed E-state index contributed by atoms with van der Waals surface area (Å²) in [5, 5.41) is 0.231. The smallest absolute Gasteiger partial charge is 0.276 e. The second-order valence-electron chi connectivity index (χ2n) is 4.54. The third-order valence-corrected chi connectivity index (χ3v) is 3.80. The second kappa shape index (κ2) is 6.49. The third kappa shape index (κ3) is 3.66. The monoisotopic (exact) mass is 302 g/mol. The zero-order chi connectivity index (χ0) is 15.4. The van der Waals surface area contributed by atoms with Gasteiger partial charge in [-0.05, 0) is 26.0 Å². The van der Waals surface area contributed by atoms with Gasteiger partial charge in [-0.25, -0.2) is 0 Å². The van der Waals surface area contributed by atoms with E-state index < -0.39 is 5.56 Å². The molecule has 0 aliphatic heterocycles. The molecule has 0 aliphatic rings. The van der Waals surface area contributed by atoms with Crippen LogP contribution in [-0.2, 0) is 4.79 Å². The first-order valence-electron chi connectivity index (χ1n) is 6.31. The summed E-state index contributed by atoms with van der Waals surface area (Å²) in [5.41, 5.74) is 0.483. The number of aryl methyl sites for hydroxylation is 1. The molecule has 1 aromatic carbocycles. The van der Waals surface area contributed by atoms with Crippen LogP contribution < -0.4 is 5.56 Å². The summed E-state index contributed by atoms with van der Waals surface area (Å²) in [6, 6.07) is 8.72. The van der Waals surface area contributed by atoms with Crippen molar-refractivity contribution in [1.29, 1.82) is 0 Å². The molecule has 108 valence electrons. The van der Waals surface area contributed by atoms with Crippen LogP contribution in [0.25, 0.3) is 0 Å². The summed E-state index contributed by atoms with van der Waals surface area (Å²) in [4.78, 5) is 39.1. The van der Waals surface area contributed by atoms with Crippen molar-refractivity contribution in [3.05, 3.63) is 58.0 Å². The van der Waals surface area contributed by atoms with Gasteiger partial charge >= 0.3 is 0 Å². The Bertz CT molecular complexity index is 738. The summed E-state index contributed by atoms with van der Waals surface area (Å²) in [6.07, 6.45) is 1.47. The molecule has 0 fully saturated rings. The van der Waals surface area contributed by atoms with Gasteiger partial charge in [0.15, 0.2) is 5.16 Å². The molecule has 2 aromatic rings. The number of carbonyl (C=O) groups is 2. The molecule has 0 saturated heterocycles. The van der Waals surface area contributed by atoms with Gasteiger partial charge in [0.1, 0.15) is 5.78 Å². The van der Waals surface area contributed by atoms with Gasteiger partial charge in [-0.1, -0.05) is 30.0 Å². The lowest BCUT2D eigenvalue weighted by atomic mass is 10.2. The molecule has 0 radical (unpaired) electrons. The average molecular weight is 302 g/mol. The molecule has 21 heavy (non-hydrogen) atoms. The Kier molecular flexibility index (Phi) is 4.70. The minimum absolute atomic E-state index is 0.0477. The number of Topliss-reactive ketones (excluding diaryl/α,β-unsaturated/α-hetero) is 1. The highest BCUT2D eigenvalue weighted by molar-refractivity contribution is 7.99. The molecule has 5 nitrogen and oxygen atoms in total. The van der Waals surface area contributed by atoms with E-state index in [1.807, 2.05) is 6.07 Å². The topological polar surface area (TPSA) is 69.0 Å². The normalized spacial score (nSPS) is 10.4. The van der Waals surface area contributed by atoms with Gasteiger partial charge in [-0.15, -0.1) is 0 Å². The van der Waals surface area contributed by atoms with E-state index in [2.05, 4.69) is 4.98 Å². The summed E-state index contributed by atoms with van der Waals surface area (Å²) in [5.74, 6) is -0.164. The Labute approximate surface area is 126 Å². The van der Waals surface area contributed by atoms with E-state index in [0.717, 1.165) is 11.8 Å². The fraction of sp³-hybridized carbons (Fsp3) is 0.200. The predicted molar refractivity (Wildman–Crippen MR) is 80.8 cm³/mol. The first kappa shape index (κ1) is 15.2. The number of hydrogen-bond acceptors (Lipinski definition) is 5. The number of thioether (sulfide) groups is 1. The fourth-order valence-electron chi connectivity index (χ4n) is 1.67. The van der Waals surface area contributed by atoms with Gasteiger partial charge < -0.3 is 0 Å². The van der Waals surface area contributed by atoms with Gasteiger partial charge in [0.05, 0.1) is 5.75 Å². The SMILES string of the molecule is CC(=O)CSc1nc(=O)c(C)cn1C(=O)c1ccccc1. The molecule has 0 aliphatic carbocycles. The Morgan fingerprint density at radius 2 is 1.90 bits per heavy atom. The summed E-state index contributed by atoms with van der Waals surface area (Å²) in [6.45, 7) is 3.05. The largest absolute Gasteiger partial charge is 0.299 e. The standard InChI is InChI=1S/C15H14N2O3S/c1-10-8-17(14(20)12-6-4-3-5-7-12)15(16-13(10)19)21-9-11(2)18/h3-8H,9H2,1-2H3. The van der Waals surface area contributed by atoms with E-state index >= 15 is 0 Å². The Balaban J connectivity index is 2.46. The van der Waals surface area contributed by atoms with Gasteiger partial charge in [0.2, 0.25) is 0 Å². The highest BCUT2D eigenvalue weighted by atomic mass is 32.2.